The molecule has 2 heterocycles. The second kappa shape index (κ2) is 7.41. The Kier molecular flexibility index (Phi) is 4.96. The molecule has 0 unspecified atom stereocenters. The number of imidazole rings is 1. The molecule has 2 aromatic carbocycles. The molecule has 0 radical (unpaired) electrons. The summed E-state index contributed by atoms with van der Waals surface area (Å²) in [6.45, 7) is 2.26. The highest BCUT2D eigenvalue weighted by Gasteiger charge is 2.28. The van der Waals surface area contributed by atoms with Gasteiger partial charge in [-0.25, -0.2) is 9.78 Å². The van der Waals surface area contributed by atoms with Gasteiger partial charge in [0.25, 0.3) is 0 Å². The molecule has 0 fully saturated rings. The van der Waals surface area contributed by atoms with Gasteiger partial charge >= 0.3 is 5.97 Å². The first-order valence-electron chi connectivity index (χ1n) is 8.83. The lowest BCUT2D eigenvalue weighted by Gasteiger charge is -2.15. The van der Waals surface area contributed by atoms with Gasteiger partial charge in [-0.15, -0.1) is 0 Å². The molecule has 3 aromatic rings. The standard InChI is InChI=1S/C21H17Cl2N3O2/c1-3-18-25-20(21(27)28-2)17-11-24-19(13-6-4-5-7-15(13)23)14-10-12(22)8-9-16(14)26(17)18/h4-10H,3,11H2,1-2H3. The van der Waals surface area contributed by atoms with Crippen LogP contribution in [-0.4, -0.2) is 28.3 Å². The third kappa shape index (κ3) is 3.01. The fraction of sp³-hybridized carbons (Fsp3) is 0.190. The highest BCUT2D eigenvalue weighted by molar-refractivity contribution is 6.36. The van der Waals surface area contributed by atoms with Crippen molar-refractivity contribution in [1.82, 2.24) is 9.55 Å². The molecular formula is C21H17Cl2N3O2. The second-order valence-electron chi connectivity index (χ2n) is 6.31. The number of benzene rings is 2. The Bertz CT molecular complexity index is 1120. The number of carbonyl (C=O) groups excluding carboxylic acids is 1. The van der Waals surface area contributed by atoms with Gasteiger partial charge < -0.3 is 4.74 Å². The van der Waals surface area contributed by atoms with Crippen molar-refractivity contribution in [3.8, 4) is 5.69 Å². The molecule has 0 bridgehead atoms. The van der Waals surface area contributed by atoms with E-state index in [1.165, 1.54) is 7.11 Å². The first kappa shape index (κ1) is 18.7. The number of aryl methyl sites for hydroxylation is 1. The van der Waals surface area contributed by atoms with Crippen molar-refractivity contribution in [2.75, 3.05) is 7.11 Å². The van der Waals surface area contributed by atoms with Crippen LogP contribution in [0, 0.1) is 0 Å². The summed E-state index contributed by atoms with van der Waals surface area (Å²) in [5, 5.41) is 1.19. The predicted octanol–water partition coefficient (Wildman–Crippen LogP) is 4.88. The zero-order chi connectivity index (χ0) is 19.8. The minimum Gasteiger partial charge on any atom is -0.464 e. The second-order valence-corrected chi connectivity index (χ2v) is 7.15. The zero-order valence-corrected chi connectivity index (χ0v) is 16.9. The highest BCUT2D eigenvalue weighted by Crippen LogP contribution is 2.32. The molecule has 28 heavy (non-hydrogen) atoms. The van der Waals surface area contributed by atoms with Gasteiger partial charge in [-0.05, 0) is 24.3 Å². The van der Waals surface area contributed by atoms with E-state index in [1.807, 2.05) is 54.0 Å². The van der Waals surface area contributed by atoms with Gasteiger partial charge in [-0.2, -0.15) is 0 Å². The summed E-state index contributed by atoms with van der Waals surface area (Å²) in [5.41, 5.74) is 4.20. The fourth-order valence-corrected chi connectivity index (χ4v) is 3.85. The quantitative estimate of drug-likeness (QED) is 0.574. The molecule has 1 aliphatic rings. The zero-order valence-electron chi connectivity index (χ0n) is 15.4. The van der Waals surface area contributed by atoms with Crippen LogP contribution in [0.4, 0.5) is 0 Å². The van der Waals surface area contributed by atoms with Crippen LogP contribution in [0.3, 0.4) is 0 Å². The summed E-state index contributed by atoms with van der Waals surface area (Å²) in [5.74, 6) is 0.282. The molecule has 4 rings (SSSR count). The number of nitrogens with zero attached hydrogens (tertiary/aromatic N) is 3. The lowest BCUT2D eigenvalue weighted by molar-refractivity contribution is 0.0593. The van der Waals surface area contributed by atoms with Crippen molar-refractivity contribution in [1.29, 1.82) is 0 Å². The summed E-state index contributed by atoms with van der Waals surface area (Å²) in [4.78, 5) is 21.6. The largest absolute Gasteiger partial charge is 0.464 e. The van der Waals surface area contributed by atoms with Crippen LogP contribution in [0.15, 0.2) is 47.5 Å². The van der Waals surface area contributed by atoms with Gasteiger partial charge in [0.05, 0.1) is 30.7 Å². The van der Waals surface area contributed by atoms with Crippen LogP contribution in [0.1, 0.15) is 40.1 Å². The lowest BCUT2D eigenvalue weighted by Crippen LogP contribution is -2.10. The third-order valence-electron chi connectivity index (χ3n) is 4.71. The monoisotopic (exact) mass is 413 g/mol. The van der Waals surface area contributed by atoms with Gasteiger partial charge in [0, 0.05) is 27.6 Å². The number of aromatic nitrogens is 2. The minimum absolute atomic E-state index is 0.268. The first-order valence-corrected chi connectivity index (χ1v) is 9.59. The van der Waals surface area contributed by atoms with E-state index in [2.05, 4.69) is 4.98 Å². The Morgan fingerprint density at radius 3 is 2.68 bits per heavy atom. The number of rotatable bonds is 3. The summed E-state index contributed by atoms with van der Waals surface area (Å²) >= 11 is 12.8. The fourth-order valence-electron chi connectivity index (χ4n) is 3.45. The average Bonchev–Trinajstić information content (AvgIpc) is 2.99. The van der Waals surface area contributed by atoms with E-state index in [9.17, 15) is 4.79 Å². The van der Waals surface area contributed by atoms with Crippen LogP contribution in [0.2, 0.25) is 10.0 Å². The Hall–Kier alpha value is -2.63. The van der Waals surface area contributed by atoms with Crippen molar-refractivity contribution >= 4 is 34.9 Å². The molecule has 0 aliphatic carbocycles. The van der Waals surface area contributed by atoms with Crippen molar-refractivity contribution in [3.63, 3.8) is 0 Å². The average molecular weight is 414 g/mol. The van der Waals surface area contributed by atoms with E-state index in [-0.39, 0.29) is 12.2 Å². The van der Waals surface area contributed by atoms with Crippen molar-refractivity contribution in [2.45, 2.75) is 19.9 Å². The van der Waals surface area contributed by atoms with E-state index in [0.717, 1.165) is 28.4 Å². The van der Waals surface area contributed by atoms with Gasteiger partial charge in [-0.1, -0.05) is 48.3 Å². The molecule has 0 amide bonds. The molecule has 142 valence electrons. The molecule has 0 N–H and O–H groups in total. The van der Waals surface area contributed by atoms with Crippen molar-refractivity contribution in [2.24, 2.45) is 4.99 Å². The normalized spacial score (nSPS) is 12.6. The van der Waals surface area contributed by atoms with E-state index >= 15 is 0 Å². The number of ether oxygens (including phenoxy) is 1. The van der Waals surface area contributed by atoms with Crippen LogP contribution < -0.4 is 0 Å². The topological polar surface area (TPSA) is 56.5 Å². The minimum atomic E-state index is -0.477. The van der Waals surface area contributed by atoms with E-state index < -0.39 is 5.97 Å². The molecule has 0 saturated heterocycles. The van der Waals surface area contributed by atoms with Crippen molar-refractivity contribution in [3.05, 3.63) is 80.8 Å². The predicted molar refractivity (Wildman–Crippen MR) is 110 cm³/mol. The van der Waals surface area contributed by atoms with Crippen LogP contribution in [-0.2, 0) is 17.7 Å². The van der Waals surface area contributed by atoms with Crippen LogP contribution >= 0.6 is 23.2 Å². The molecule has 0 saturated carbocycles. The molecule has 1 aliphatic heterocycles. The summed E-state index contributed by atoms with van der Waals surface area (Å²) in [6.07, 6.45) is 0.646. The number of carbonyl (C=O) groups is 1. The number of hydrogen-bond donors (Lipinski definition) is 0. The summed E-state index contributed by atoms with van der Waals surface area (Å²) < 4.78 is 6.91. The Labute approximate surface area is 172 Å². The SMILES string of the molecule is CCc1nc(C(=O)OC)c2n1-c1ccc(Cl)cc1C(c1ccccc1Cl)=NC2. The highest BCUT2D eigenvalue weighted by atomic mass is 35.5. The third-order valence-corrected chi connectivity index (χ3v) is 5.27. The Morgan fingerprint density at radius 2 is 1.96 bits per heavy atom. The number of methoxy groups -OCH3 is 1. The van der Waals surface area contributed by atoms with Gasteiger partial charge in [-0.3, -0.25) is 9.56 Å². The molecule has 0 atom stereocenters. The molecule has 0 spiro atoms. The molecule has 1 aromatic heterocycles. The molecule has 7 heteroatoms. The summed E-state index contributed by atoms with van der Waals surface area (Å²) in [6, 6.07) is 13.1. The number of fused-ring (bicyclic) bond motifs is 3. The maximum absolute atomic E-state index is 12.3. The number of aliphatic imine (C=N–C) groups is 1. The molecular weight excluding hydrogens is 397 g/mol. The van der Waals surface area contributed by atoms with Crippen LogP contribution in [0.5, 0.6) is 0 Å². The van der Waals surface area contributed by atoms with Gasteiger partial charge in [0.1, 0.15) is 5.82 Å². The van der Waals surface area contributed by atoms with Crippen LogP contribution in [0.25, 0.3) is 5.69 Å². The van der Waals surface area contributed by atoms with E-state index in [1.54, 1.807) is 0 Å². The number of hydrogen-bond acceptors (Lipinski definition) is 4. The smallest absolute Gasteiger partial charge is 0.358 e. The van der Waals surface area contributed by atoms with E-state index in [0.29, 0.717) is 22.2 Å². The number of esters is 1. The summed E-state index contributed by atoms with van der Waals surface area (Å²) in [7, 11) is 1.35. The first-order chi connectivity index (χ1) is 13.5. The molecule has 5 nitrogen and oxygen atoms in total. The van der Waals surface area contributed by atoms with E-state index in [4.69, 9.17) is 32.9 Å². The Morgan fingerprint density at radius 1 is 1.18 bits per heavy atom. The van der Waals surface area contributed by atoms with Gasteiger partial charge in [0.15, 0.2) is 5.69 Å². The van der Waals surface area contributed by atoms with Crippen molar-refractivity contribution < 1.29 is 9.53 Å². The Balaban J connectivity index is 2.04. The lowest BCUT2D eigenvalue weighted by atomic mass is 10.0. The maximum Gasteiger partial charge on any atom is 0.358 e. The maximum atomic E-state index is 12.3. The number of halogens is 2. The van der Waals surface area contributed by atoms with Gasteiger partial charge in [0.2, 0.25) is 0 Å².